The lowest BCUT2D eigenvalue weighted by atomic mass is 9.84. The molecular weight excluding hydrogens is 216 g/mol. The van der Waals surface area contributed by atoms with Crippen molar-refractivity contribution >= 4 is 11.8 Å². The van der Waals surface area contributed by atoms with Gasteiger partial charge in [0.1, 0.15) is 0 Å². The standard InChI is InChI=1S/C13H28N2S/c1-5-7-13(2,10-14-3)11-15(4)12-6-8-16-9-12/h12,14H,5-11H2,1-4H3. The molecule has 2 unspecified atom stereocenters. The zero-order chi connectivity index (χ0) is 12.0. The van der Waals surface area contributed by atoms with Gasteiger partial charge >= 0.3 is 0 Å². The molecule has 1 heterocycles. The average Bonchev–Trinajstić information content (AvgIpc) is 2.70. The van der Waals surface area contributed by atoms with Crippen LogP contribution in [0.15, 0.2) is 0 Å². The molecule has 96 valence electrons. The molecule has 1 aliphatic rings. The molecule has 1 N–H and O–H groups in total. The van der Waals surface area contributed by atoms with Crippen LogP contribution in [0.2, 0.25) is 0 Å². The summed E-state index contributed by atoms with van der Waals surface area (Å²) in [5.74, 6) is 2.68. The number of hydrogen-bond acceptors (Lipinski definition) is 3. The monoisotopic (exact) mass is 244 g/mol. The maximum absolute atomic E-state index is 3.36. The van der Waals surface area contributed by atoms with Crippen LogP contribution in [-0.2, 0) is 0 Å². The van der Waals surface area contributed by atoms with Gasteiger partial charge in [-0.05, 0) is 38.1 Å². The van der Waals surface area contributed by atoms with Gasteiger partial charge in [-0.1, -0.05) is 20.3 Å². The summed E-state index contributed by atoms with van der Waals surface area (Å²) in [4.78, 5) is 2.59. The van der Waals surface area contributed by atoms with E-state index in [1.807, 2.05) is 0 Å². The molecule has 0 spiro atoms. The Morgan fingerprint density at radius 3 is 2.75 bits per heavy atom. The Bertz CT molecular complexity index is 184. The van der Waals surface area contributed by atoms with Gasteiger partial charge < -0.3 is 10.2 Å². The molecule has 0 amide bonds. The van der Waals surface area contributed by atoms with E-state index in [0.717, 1.165) is 12.6 Å². The third-order valence-electron chi connectivity index (χ3n) is 3.62. The minimum Gasteiger partial charge on any atom is -0.319 e. The fourth-order valence-electron chi connectivity index (χ4n) is 2.85. The fourth-order valence-corrected chi connectivity index (χ4v) is 4.15. The van der Waals surface area contributed by atoms with Crippen molar-refractivity contribution in [3.8, 4) is 0 Å². The van der Waals surface area contributed by atoms with Crippen LogP contribution >= 0.6 is 11.8 Å². The molecule has 2 atom stereocenters. The first kappa shape index (κ1) is 14.3. The summed E-state index contributed by atoms with van der Waals surface area (Å²) in [7, 11) is 4.37. The third-order valence-corrected chi connectivity index (χ3v) is 4.76. The van der Waals surface area contributed by atoms with Gasteiger partial charge in [-0.15, -0.1) is 0 Å². The van der Waals surface area contributed by atoms with Gasteiger partial charge in [-0.3, -0.25) is 0 Å². The smallest absolute Gasteiger partial charge is 0.0191 e. The van der Waals surface area contributed by atoms with Crippen molar-refractivity contribution in [1.29, 1.82) is 0 Å². The predicted molar refractivity (Wildman–Crippen MR) is 75.3 cm³/mol. The van der Waals surface area contributed by atoms with Crippen molar-refractivity contribution in [3.05, 3.63) is 0 Å². The molecule has 0 saturated carbocycles. The molecule has 2 nitrogen and oxygen atoms in total. The summed E-state index contributed by atoms with van der Waals surface area (Å²) < 4.78 is 0. The van der Waals surface area contributed by atoms with Crippen molar-refractivity contribution in [3.63, 3.8) is 0 Å². The van der Waals surface area contributed by atoms with Gasteiger partial charge in [0.15, 0.2) is 0 Å². The molecule has 3 heteroatoms. The van der Waals surface area contributed by atoms with E-state index in [1.54, 1.807) is 0 Å². The van der Waals surface area contributed by atoms with Crippen LogP contribution in [0.25, 0.3) is 0 Å². The fraction of sp³-hybridized carbons (Fsp3) is 1.00. The van der Waals surface area contributed by atoms with E-state index >= 15 is 0 Å². The highest BCUT2D eigenvalue weighted by Crippen LogP contribution is 2.27. The van der Waals surface area contributed by atoms with Crippen LogP contribution in [0.5, 0.6) is 0 Å². The van der Waals surface area contributed by atoms with E-state index in [9.17, 15) is 0 Å². The van der Waals surface area contributed by atoms with Gasteiger partial charge in [-0.2, -0.15) is 11.8 Å². The highest BCUT2D eigenvalue weighted by molar-refractivity contribution is 7.99. The lowest BCUT2D eigenvalue weighted by Gasteiger charge is -2.36. The molecule has 0 radical (unpaired) electrons. The Morgan fingerprint density at radius 1 is 1.50 bits per heavy atom. The van der Waals surface area contributed by atoms with Gasteiger partial charge in [0.2, 0.25) is 0 Å². The molecule has 0 aliphatic carbocycles. The number of thioether (sulfide) groups is 1. The van der Waals surface area contributed by atoms with Crippen LogP contribution in [-0.4, -0.2) is 49.6 Å². The van der Waals surface area contributed by atoms with Crippen molar-refractivity contribution in [2.75, 3.05) is 38.7 Å². The first-order valence-electron chi connectivity index (χ1n) is 6.54. The van der Waals surface area contributed by atoms with Gasteiger partial charge in [-0.25, -0.2) is 0 Å². The SMILES string of the molecule is CCCC(C)(CNC)CN(C)C1CCSC1. The van der Waals surface area contributed by atoms with E-state index in [-0.39, 0.29) is 0 Å². The summed E-state index contributed by atoms with van der Waals surface area (Å²) in [6.45, 7) is 7.07. The second-order valence-corrected chi connectivity index (χ2v) is 6.67. The predicted octanol–water partition coefficient (Wildman–Crippen LogP) is 2.45. The summed E-state index contributed by atoms with van der Waals surface area (Å²) in [6.07, 6.45) is 3.98. The highest BCUT2D eigenvalue weighted by Gasteiger charge is 2.28. The lowest BCUT2D eigenvalue weighted by Crippen LogP contribution is -2.44. The quantitative estimate of drug-likeness (QED) is 0.740. The molecule has 0 aromatic carbocycles. The van der Waals surface area contributed by atoms with Crippen molar-refractivity contribution in [1.82, 2.24) is 10.2 Å². The van der Waals surface area contributed by atoms with Crippen LogP contribution in [0.1, 0.15) is 33.1 Å². The van der Waals surface area contributed by atoms with Crippen LogP contribution < -0.4 is 5.32 Å². The molecule has 0 bridgehead atoms. The highest BCUT2D eigenvalue weighted by atomic mass is 32.2. The topological polar surface area (TPSA) is 15.3 Å². The number of nitrogens with one attached hydrogen (secondary N) is 1. The normalized spacial score (nSPS) is 24.9. The molecule has 1 rings (SSSR count). The Hall–Kier alpha value is 0.270. The summed E-state index contributed by atoms with van der Waals surface area (Å²) in [5, 5.41) is 3.36. The second-order valence-electron chi connectivity index (χ2n) is 5.52. The Labute approximate surface area is 106 Å². The van der Waals surface area contributed by atoms with Gasteiger partial charge in [0, 0.05) is 24.9 Å². The lowest BCUT2D eigenvalue weighted by molar-refractivity contribution is 0.146. The van der Waals surface area contributed by atoms with Crippen molar-refractivity contribution < 1.29 is 0 Å². The number of hydrogen-bond donors (Lipinski definition) is 1. The second kappa shape index (κ2) is 6.87. The van der Waals surface area contributed by atoms with Gasteiger partial charge in [0.25, 0.3) is 0 Å². The van der Waals surface area contributed by atoms with E-state index in [1.165, 1.54) is 37.3 Å². The van der Waals surface area contributed by atoms with E-state index in [4.69, 9.17) is 0 Å². The molecule has 0 aromatic rings. The molecule has 16 heavy (non-hydrogen) atoms. The number of nitrogens with zero attached hydrogens (tertiary/aromatic N) is 1. The Morgan fingerprint density at radius 2 is 2.25 bits per heavy atom. The Kier molecular flexibility index (Phi) is 6.16. The largest absolute Gasteiger partial charge is 0.319 e. The van der Waals surface area contributed by atoms with E-state index < -0.39 is 0 Å². The first-order valence-corrected chi connectivity index (χ1v) is 7.69. The van der Waals surface area contributed by atoms with E-state index in [2.05, 4.69) is 49.9 Å². The van der Waals surface area contributed by atoms with E-state index in [0.29, 0.717) is 5.41 Å². The van der Waals surface area contributed by atoms with Crippen molar-refractivity contribution in [2.24, 2.45) is 5.41 Å². The molecule has 0 aromatic heterocycles. The van der Waals surface area contributed by atoms with Crippen LogP contribution in [0.3, 0.4) is 0 Å². The van der Waals surface area contributed by atoms with Crippen LogP contribution in [0, 0.1) is 5.41 Å². The average molecular weight is 244 g/mol. The number of rotatable bonds is 7. The van der Waals surface area contributed by atoms with Gasteiger partial charge in [0.05, 0.1) is 0 Å². The molecule has 1 saturated heterocycles. The summed E-state index contributed by atoms with van der Waals surface area (Å²) in [6, 6.07) is 0.818. The minimum atomic E-state index is 0.436. The molecular formula is C13H28N2S. The maximum atomic E-state index is 3.36. The summed E-state index contributed by atoms with van der Waals surface area (Å²) in [5.41, 5.74) is 0.436. The third kappa shape index (κ3) is 4.27. The maximum Gasteiger partial charge on any atom is 0.0191 e. The molecule has 1 aliphatic heterocycles. The summed E-state index contributed by atoms with van der Waals surface area (Å²) >= 11 is 2.11. The van der Waals surface area contributed by atoms with Crippen molar-refractivity contribution in [2.45, 2.75) is 39.2 Å². The first-order chi connectivity index (χ1) is 7.61. The van der Waals surface area contributed by atoms with Crippen LogP contribution in [0.4, 0.5) is 0 Å². The zero-order valence-electron chi connectivity index (χ0n) is 11.4. The molecule has 1 fully saturated rings. The minimum absolute atomic E-state index is 0.436. The Balaban J connectivity index is 2.45. The zero-order valence-corrected chi connectivity index (χ0v) is 12.2.